The summed E-state index contributed by atoms with van der Waals surface area (Å²) in [5.74, 6) is -0.177. The topological polar surface area (TPSA) is 92.5 Å². The number of hydrogen-bond acceptors (Lipinski definition) is 3. The Morgan fingerprint density at radius 1 is 1.21 bits per heavy atom. The first-order valence-electron chi connectivity index (χ1n) is 7.42. The Balaban J connectivity index is 1.86. The number of benzene rings is 2. The maximum absolute atomic E-state index is 12.3. The first-order chi connectivity index (χ1) is 11.6. The molecule has 5 nitrogen and oxygen atoms in total. The molecule has 2 aromatic carbocycles. The van der Waals surface area contributed by atoms with Gasteiger partial charge in [0.15, 0.2) is 0 Å². The molecule has 0 fully saturated rings. The maximum atomic E-state index is 12.3. The number of aryl methyl sites for hydroxylation is 1. The number of carbonyl (C=O) groups excluding carboxylic acids is 1. The molecule has 0 unspecified atom stereocenters. The Labute approximate surface area is 139 Å². The van der Waals surface area contributed by atoms with Crippen LogP contribution >= 0.6 is 0 Å². The summed E-state index contributed by atoms with van der Waals surface area (Å²) in [6, 6.07) is 14.9. The van der Waals surface area contributed by atoms with Crippen molar-refractivity contribution in [2.75, 3.05) is 5.32 Å². The Morgan fingerprint density at radius 3 is 2.79 bits per heavy atom. The third-order valence-electron chi connectivity index (χ3n) is 3.86. The summed E-state index contributed by atoms with van der Waals surface area (Å²) in [5, 5.41) is 21.8. The number of anilines is 1. The zero-order chi connectivity index (χ0) is 17.1. The number of H-pyrrole nitrogens is 1. The minimum Gasteiger partial charge on any atom is -0.358 e. The number of fused-ring (bicyclic) bond motifs is 1. The summed E-state index contributed by atoms with van der Waals surface area (Å²) in [4.78, 5) is 15.4. The molecular weight excluding hydrogens is 300 g/mol. The van der Waals surface area contributed by atoms with Gasteiger partial charge in [0.2, 0.25) is 5.91 Å². The van der Waals surface area contributed by atoms with Gasteiger partial charge in [-0.05, 0) is 36.2 Å². The highest BCUT2D eigenvalue weighted by Crippen LogP contribution is 2.28. The zero-order valence-corrected chi connectivity index (χ0v) is 13.1. The highest BCUT2D eigenvalue weighted by Gasteiger charge is 2.12. The molecule has 2 N–H and O–H groups in total. The number of nitrogens with zero attached hydrogens (tertiary/aromatic N) is 2. The molecule has 0 spiro atoms. The van der Waals surface area contributed by atoms with E-state index >= 15 is 0 Å². The van der Waals surface area contributed by atoms with Crippen molar-refractivity contribution in [2.45, 2.75) is 13.3 Å². The summed E-state index contributed by atoms with van der Waals surface area (Å²) in [6.07, 6.45) is 1.82. The van der Waals surface area contributed by atoms with Crippen LogP contribution in [0.5, 0.6) is 0 Å². The van der Waals surface area contributed by atoms with Crippen LogP contribution in [-0.4, -0.2) is 10.9 Å². The summed E-state index contributed by atoms with van der Waals surface area (Å²) in [6.45, 7) is 1.93. The zero-order valence-electron chi connectivity index (χ0n) is 13.1. The molecule has 0 aliphatic heterocycles. The molecule has 3 rings (SSSR count). The lowest BCUT2D eigenvalue weighted by atomic mass is 10.1. The minimum absolute atomic E-state index is 0.177. The average Bonchev–Trinajstić information content (AvgIpc) is 3.03. The van der Waals surface area contributed by atoms with Crippen molar-refractivity contribution in [3.8, 4) is 12.1 Å². The fourth-order valence-electron chi connectivity index (χ4n) is 2.74. The predicted molar refractivity (Wildman–Crippen MR) is 91.2 cm³/mol. The first-order valence-corrected chi connectivity index (χ1v) is 7.42. The largest absolute Gasteiger partial charge is 0.358 e. The molecule has 0 atom stereocenters. The van der Waals surface area contributed by atoms with E-state index in [2.05, 4.69) is 22.4 Å². The third kappa shape index (κ3) is 2.84. The normalized spacial score (nSPS) is 10.1. The highest BCUT2D eigenvalue weighted by atomic mass is 16.1. The van der Waals surface area contributed by atoms with Crippen LogP contribution in [0.4, 0.5) is 5.69 Å². The molecule has 0 bridgehead atoms. The smallest absolute Gasteiger partial charge is 0.228 e. The van der Waals surface area contributed by atoms with Crippen molar-refractivity contribution in [2.24, 2.45) is 0 Å². The van der Waals surface area contributed by atoms with Gasteiger partial charge < -0.3 is 10.3 Å². The molecule has 1 aromatic heterocycles. The maximum Gasteiger partial charge on any atom is 0.228 e. The fraction of sp³-hybridized carbons (Fsp3) is 0.105. The summed E-state index contributed by atoms with van der Waals surface area (Å²) in [5.41, 5.74) is 4.22. The van der Waals surface area contributed by atoms with Crippen LogP contribution in [0.1, 0.15) is 22.3 Å². The van der Waals surface area contributed by atoms with Crippen molar-refractivity contribution in [3.05, 3.63) is 64.8 Å². The number of nitriles is 2. The van der Waals surface area contributed by atoms with Crippen molar-refractivity contribution in [1.82, 2.24) is 4.98 Å². The van der Waals surface area contributed by atoms with E-state index in [0.29, 0.717) is 16.8 Å². The molecule has 0 saturated carbocycles. The van der Waals surface area contributed by atoms with Gasteiger partial charge in [-0.3, -0.25) is 4.79 Å². The molecule has 1 amide bonds. The van der Waals surface area contributed by atoms with Gasteiger partial charge in [0, 0.05) is 11.6 Å². The number of carbonyl (C=O) groups is 1. The minimum atomic E-state index is -0.177. The number of nitrogens with one attached hydrogen (secondary N) is 2. The van der Waals surface area contributed by atoms with Gasteiger partial charge in [-0.25, -0.2) is 0 Å². The second-order valence-corrected chi connectivity index (χ2v) is 5.53. The lowest BCUT2D eigenvalue weighted by Gasteiger charge is -2.08. The molecular formula is C19H14N4O. The molecule has 0 radical (unpaired) electrons. The van der Waals surface area contributed by atoms with Crippen LogP contribution in [0.2, 0.25) is 0 Å². The molecule has 5 heteroatoms. The van der Waals surface area contributed by atoms with Crippen LogP contribution in [0, 0.1) is 29.6 Å². The summed E-state index contributed by atoms with van der Waals surface area (Å²) >= 11 is 0. The lowest BCUT2D eigenvalue weighted by molar-refractivity contribution is -0.115. The van der Waals surface area contributed by atoms with E-state index in [1.165, 1.54) is 0 Å². The molecule has 0 saturated heterocycles. The van der Waals surface area contributed by atoms with Crippen LogP contribution < -0.4 is 5.32 Å². The van der Waals surface area contributed by atoms with E-state index in [-0.39, 0.29) is 12.3 Å². The van der Waals surface area contributed by atoms with Gasteiger partial charge >= 0.3 is 0 Å². The van der Waals surface area contributed by atoms with Crippen LogP contribution in [0.25, 0.3) is 10.9 Å². The second kappa shape index (κ2) is 6.28. The average molecular weight is 314 g/mol. The van der Waals surface area contributed by atoms with Gasteiger partial charge in [0.25, 0.3) is 0 Å². The van der Waals surface area contributed by atoms with Gasteiger partial charge in [0.05, 0.1) is 34.8 Å². The summed E-state index contributed by atoms with van der Waals surface area (Å²) < 4.78 is 0. The van der Waals surface area contributed by atoms with Crippen molar-refractivity contribution in [1.29, 1.82) is 10.5 Å². The Hall–Kier alpha value is -3.57. The van der Waals surface area contributed by atoms with Gasteiger partial charge in [-0.1, -0.05) is 18.2 Å². The molecule has 0 aliphatic rings. The van der Waals surface area contributed by atoms with Crippen molar-refractivity contribution < 1.29 is 4.79 Å². The van der Waals surface area contributed by atoms with Crippen LogP contribution in [0.15, 0.2) is 42.6 Å². The summed E-state index contributed by atoms with van der Waals surface area (Å²) in [7, 11) is 0. The number of aromatic nitrogens is 1. The molecule has 1 heterocycles. The quantitative estimate of drug-likeness (QED) is 0.776. The molecule has 24 heavy (non-hydrogen) atoms. The number of rotatable bonds is 3. The van der Waals surface area contributed by atoms with E-state index in [1.54, 1.807) is 24.4 Å². The van der Waals surface area contributed by atoms with Crippen LogP contribution in [0.3, 0.4) is 0 Å². The standard InChI is InChI=1S/C19H14N4O/c1-12-5-6-16(19-18(12)15(10-21)11-22-19)23-17(24)8-13-3-2-4-14(7-13)9-20/h2-7,11,22H,8H2,1H3,(H,23,24). The Kier molecular flexibility index (Phi) is 4.01. The van der Waals surface area contributed by atoms with E-state index in [9.17, 15) is 10.1 Å². The monoisotopic (exact) mass is 314 g/mol. The molecule has 0 aliphatic carbocycles. The number of hydrogen-bond donors (Lipinski definition) is 2. The van der Waals surface area contributed by atoms with Crippen LogP contribution in [-0.2, 0) is 11.2 Å². The lowest BCUT2D eigenvalue weighted by Crippen LogP contribution is -2.14. The number of aromatic amines is 1. The van der Waals surface area contributed by atoms with E-state index in [4.69, 9.17) is 5.26 Å². The SMILES string of the molecule is Cc1ccc(NC(=O)Cc2cccc(C#N)c2)c2[nH]cc(C#N)c12. The van der Waals surface area contributed by atoms with Gasteiger partial charge in [-0.2, -0.15) is 10.5 Å². The Morgan fingerprint density at radius 2 is 2.04 bits per heavy atom. The number of amides is 1. The highest BCUT2D eigenvalue weighted by molar-refractivity contribution is 6.03. The van der Waals surface area contributed by atoms with E-state index in [1.807, 2.05) is 25.1 Å². The first kappa shape index (κ1) is 15.3. The van der Waals surface area contributed by atoms with E-state index in [0.717, 1.165) is 22.0 Å². The van der Waals surface area contributed by atoms with Gasteiger partial charge in [0.1, 0.15) is 6.07 Å². The van der Waals surface area contributed by atoms with E-state index < -0.39 is 0 Å². The molecule has 3 aromatic rings. The third-order valence-corrected chi connectivity index (χ3v) is 3.86. The fourth-order valence-corrected chi connectivity index (χ4v) is 2.74. The van der Waals surface area contributed by atoms with Gasteiger partial charge in [-0.15, -0.1) is 0 Å². The predicted octanol–water partition coefficient (Wildman–Crippen LogP) is 3.40. The second-order valence-electron chi connectivity index (χ2n) is 5.53. The van der Waals surface area contributed by atoms with Crippen molar-refractivity contribution in [3.63, 3.8) is 0 Å². The molecule has 116 valence electrons. The van der Waals surface area contributed by atoms with Crippen molar-refractivity contribution >= 4 is 22.5 Å². The Bertz CT molecular complexity index is 1020.